The maximum atomic E-state index is 12.4. The third-order valence-corrected chi connectivity index (χ3v) is 5.74. The number of nitrogens with zero attached hydrogens (tertiary/aromatic N) is 2. The van der Waals surface area contributed by atoms with Crippen LogP contribution in [0.25, 0.3) is 0 Å². The van der Waals surface area contributed by atoms with E-state index in [0.29, 0.717) is 16.6 Å². The molecule has 7 heteroatoms. The van der Waals surface area contributed by atoms with E-state index < -0.39 is 0 Å². The van der Waals surface area contributed by atoms with E-state index in [0.717, 1.165) is 37.5 Å². The molecule has 5 nitrogen and oxygen atoms in total. The molecular formula is C21H25Cl2N3O2. The molecule has 1 aliphatic heterocycles. The Morgan fingerprint density at radius 2 is 1.75 bits per heavy atom. The molecule has 0 radical (unpaired) electrons. The van der Waals surface area contributed by atoms with Crippen LogP contribution in [0.1, 0.15) is 18.5 Å². The predicted molar refractivity (Wildman–Crippen MR) is 115 cm³/mol. The first-order valence-electron chi connectivity index (χ1n) is 9.32. The molecule has 1 saturated heterocycles. The highest BCUT2D eigenvalue weighted by molar-refractivity contribution is 6.42. The Hall–Kier alpha value is -1.95. The van der Waals surface area contributed by atoms with Gasteiger partial charge in [-0.2, -0.15) is 0 Å². The second kappa shape index (κ2) is 9.50. The molecule has 0 unspecified atom stereocenters. The lowest BCUT2D eigenvalue weighted by Gasteiger charge is -2.36. The average Bonchev–Trinajstić information content (AvgIpc) is 2.70. The monoisotopic (exact) mass is 421 g/mol. The number of halogens is 2. The molecule has 0 bridgehead atoms. The van der Waals surface area contributed by atoms with E-state index in [4.69, 9.17) is 27.9 Å². The summed E-state index contributed by atoms with van der Waals surface area (Å²) in [7, 11) is 1.67. The molecule has 0 saturated carbocycles. The molecule has 3 rings (SSSR count). The van der Waals surface area contributed by atoms with Gasteiger partial charge in [-0.05, 0) is 48.9 Å². The molecule has 0 aromatic heterocycles. The van der Waals surface area contributed by atoms with Crippen molar-refractivity contribution in [1.29, 1.82) is 0 Å². The zero-order chi connectivity index (χ0) is 20.1. The minimum atomic E-state index is -0.122. The molecule has 1 aliphatic rings. The van der Waals surface area contributed by atoms with Crippen molar-refractivity contribution in [1.82, 2.24) is 10.2 Å². The van der Waals surface area contributed by atoms with Gasteiger partial charge >= 0.3 is 0 Å². The molecule has 2 aromatic carbocycles. The van der Waals surface area contributed by atoms with E-state index in [-0.39, 0.29) is 11.9 Å². The van der Waals surface area contributed by atoms with Crippen molar-refractivity contribution in [3.05, 3.63) is 58.1 Å². The van der Waals surface area contributed by atoms with Crippen LogP contribution < -0.4 is 15.0 Å². The number of anilines is 1. The van der Waals surface area contributed by atoms with Crippen molar-refractivity contribution in [3.8, 4) is 5.75 Å². The summed E-state index contributed by atoms with van der Waals surface area (Å²) < 4.78 is 5.21. The summed E-state index contributed by atoms with van der Waals surface area (Å²) in [6, 6.07) is 13.4. The zero-order valence-electron chi connectivity index (χ0n) is 16.1. The van der Waals surface area contributed by atoms with Crippen molar-refractivity contribution in [2.75, 3.05) is 44.7 Å². The summed E-state index contributed by atoms with van der Waals surface area (Å²) in [6.45, 7) is 5.81. The number of benzene rings is 2. The smallest absolute Gasteiger partial charge is 0.234 e. The number of piperazine rings is 1. The molecule has 28 heavy (non-hydrogen) atoms. The molecule has 1 atom stereocenters. The first-order valence-corrected chi connectivity index (χ1v) is 10.1. The van der Waals surface area contributed by atoms with Crippen LogP contribution in [0.5, 0.6) is 5.75 Å². The van der Waals surface area contributed by atoms with Gasteiger partial charge in [-0.25, -0.2) is 0 Å². The van der Waals surface area contributed by atoms with Gasteiger partial charge in [-0.1, -0.05) is 29.3 Å². The summed E-state index contributed by atoms with van der Waals surface area (Å²) in [5, 5.41) is 4.04. The minimum Gasteiger partial charge on any atom is -0.497 e. The van der Waals surface area contributed by atoms with Crippen LogP contribution in [0, 0.1) is 0 Å². The van der Waals surface area contributed by atoms with Crippen molar-refractivity contribution in [2.45, 2.75) is 13.0 Å². The number of nitrogens with one attached hydrogen (secondary N) is 1. The Morgan fingerprint density at radius 1 is 1.07 bits per heavy atom. The van der Waals surface area contributed by atoms with Crippen LogP contribution >= 0.6 is 23.2 Å². The van der Waals surface area contributed by atoms with Crippen LogP contribution in [0.4, 0.5) is 5.69 Å². The number of amides is 1. The Labute approximate surface area is 176 Å². The number of rotatable bonds is 6. The highest BCUT2D eigenvalue weighted by atomic mass is 35.5. The minimum absolute atomic E-state index is 0.0106. The molecule has 1 amide bonds. The van der Waals surface area contributed by atoms with Crippen molar-refractivity contribution >= 4 is 34.8 Å². The lowest BCUT2D eigenvalue weighted by molar-refractivity contribution is -0.123. The third kappa shape index (κ3) is 5.31. The lowest BCUT2D eigenvalue weighted by atomic mass is 10.1. The quantitative estimate of drug-likeness (QED) is 0.765. The molecule has 0 aliphatic carbocycles. The number of ether oxygens (including phenoxy) is 1. The zero-order valence-corrected chi connectivity index (χ0v) is 17.6. The standard InChI is InChI=1S/C21H25Cl2N3O2/c1-15(16-3-8-19(22)20(23)13-16)24-21(27)14-25-9-11-26(12-10-25)17-4-6-18(28-2)7-5-17/h3-8,13,15H,9-12,14H2,1-2H3,(H,24,27)/t15-/m1/s1. The molecule has 150 valence electrons. The summed E-state index contributed by atoms with van der Waals surface area (Å²) >= 11 is 12.0. The van der Waals surface area contributed by atoms with Crippen LogP contribution in [-0.2, 0) is 4.79 Å². The maximum Gasteiger partial charge on any atom is 0.234 e. The van der Waals surface area contributed by atoms with E-state index >= 15 is 0 Å². The number of methoxy groups -OCH3 is 1. The van der Waals surface area contributed by atoms with Gasteiger partial charge in [0.2, 0.25) is 5.91 Å². The average molecular weight is 422 g/mol. The molecule has 2 aromatic rings. The molecule has 0 spiro atoms. The normalized spacial score (nSPS) is 15.9. The lowest BCUT2D eigenvalue weighted by Crippen LogP contribution is -2.49. The van der Waals surface area contributed by atoms with Gasteiger partial charge in [-0.15, -0.1) is 0 Å². The highest BCUT2D eigenvalue weighted by Crippen LogP contribution is 2.25. The summed E-state index contributed by atoms with van der Waals surface area (Å²) in [5.41, 5.74) is 2.12. The third-order valence-electron chi connectivity index (χ3n) is 5.00. The second-order valence-electron chi connectivity index (χ2n) is 6.92. The summed E-state index contributed by atoms with van der Waals surface area (Å²) in [6.07, 6.45) is 0. The van der Waals surface area contributed by atoms with Crippen molar-refractivity contribution < 1.29 is 9.53 Å². The van der Waals surface area contributed by atoms with Crippen LogP contribution in [0.3, 0.4) is 0 Å². The van der Waals surface area contributed by atoms with Gasteiger partial charge in [0.25, 0.3) is 0 Å². The molecule has 1 heterocycles. The van der Waals surface area contributed by atoms with E-state index in [1.54, 1.807) is 19.2 Å². The Balaban J connectivity index is 1.47. The Morgan fingerprint density at radius 3 is 2.36 bits per heavy atom. The Bertz CT molecular complexity index is 806. The van der Waals surface area contributed by atoms with Gasteiger partial charge in [0, 0.05) is 31.9 Å². The SMILES string of the molecule is COc1ccc(N2CCN(CC(=O)N[C@H](C)c3ccc(Cl)c(Cl)c3)CC2)cc1. The number of carbonyl (C=O) groups excluding carboxylic acids is 1. The van der Waals surface area contributed by atoms with Crippen LogP contribution in [0.2, 0.25) is 10.0 Å². The topological polar surface area (TPSA) is 44.8 Å². The fraction of sp³-hybridized carbons (Fsp3) is 0.381. The number of hydrogen-bond donors (Lipinski definition) is 1. The van der Waals surface area contributed by atoms with E-state index in [1.807, 2.05) is 25.1 Å². The van der Waals surface area contributed by atoms with E-state index in [2.05, 4.69) is 27.2 Å². The largest absolute Gasteiger partial charge is 0.497 e. The fourth-order valence-corrected chi connectivity index (χ4v) is 3.62. The first kappa shape index (κ1) is 20.8. The van der Waals surface area contributed by atoms with E-state index in [1.165, 1.54) is 5.69 Å². The maximum absolute atomic E-state index is 12.4. The van der Waals surface area contributed by atoms with Gasteiger partial charge < -0.3 is 15.0 Å². The Kier molecular flexibility index (Phi) is 7.05. The first-order chi connectivity index (χ1) is 13.5. The van der Waals surface area contributed by atoms with E-state index in [9.17, 15) is 4.79 Å². The van der Waals surface area contributed by atoms with Crippen LogP contribution in [-0.4, -0.2) is 50.6 Å². The van der Waals surface area contributed by atoms with Gasteiger partial charge in [-0.3, -0.25) is 9.69 Å². The predicted octanol–water partition coefficient (Wildman–Crippen LogP) is 4.00. The summed E-state index contributed by atoms with van der Waals surface area (Å²) in [5.74, 6) is 0.867. The van der Waals surface area contributed by atoms with Gasteiger partial charge in [0.15, 0.2) is 0 Å². The molecule has 1 N–H and O–H groups in total. The van der Waals surface area contributed by atoms with Gasteiger partial charge in [0.1, 0.15) is 5.75 Å². The van der Waals surface area contributed by atoms with Gasteiger partial charge in [0.05, 0.1) is 29.7 Å². The molecule has 1 fully saturated rings. The molecular weight excluding hydrogens is 397 g/mol. The van der Waals surface area contributed by atoms with Crippen LogP contribution in [0.15, 0.2) is 42.5 Å². The second-order valence-corrected chi connectivity index (χ2v) is 7.74. The van der Waals surface area contributed by atoms with Crippen molar-refractivity contribution in [3.63, 3.8) is 0 Å². The highest BCUT2D eigenvalue weighted by Gasteiger charge is 2.20. The fourth-order valence-electron chi connectivity index (χ4n) is 3.31. The number of carbonyl (C=O) groups is 1. The number of hydrogen-bond acceptors (Lipinski definition) is 4. The summed E-state index contributed by atoms with van der Waals surface area (Å²) in [4.78, 5) is 16.9. The van der Waals surface area contributed by atoms with Crippen molar-refractivity contribution in [2.24, 2.45) is 0 Å².